The molecule has 0 bridgehead atoms. The number of hydrogen-bond donors (Lipinski definition) is 2. The zero-order valence-electron chi connectivity index (χ0n) is 16.9. The highest BCUT2D eigenvalue weighted by molar-refractivity contribution is 14.1. The first-order valence-electron chi connectivity index (χ1n) is 9.34. The normalized spacial score (nSPS) is 17.1. The van der Waals surface area contributed by atoms with Crippen LogP contribution in [0.25, 0.3) is 0 Å². The maximum atomic E-state index is 13.1. The molecule has 11 heteroatoms. The van der Waals surface area contributed by atoms with Crippen LogP contribution < -0.4 is 15.4 Å². The second-order valence-corrected chi connectivity index (χ2v) is 10.9. The van der Waals surface area contributed by atoms with Crippen molar-refractivity contribution in [3.63, 3.8) is 0 Å². The fourth-order valence-corrected chi connectivity index (χ4v) is 6.69. The molecule has 2 amide bonds. The van der Waals surface area contributed by atoms with Crippen molar-refractivity contribution in [2.24, 2.45) is 0 Å². The van der Waals surface area contributed by atoms with Gasteiger partial charge in [-0.2, -0.15) is 16.1 Å². The fourth-order valence-electron chi connectivity index (χ4n) is 3.11. The SMILES string of the molecule is CNC(=O)C1CSCCN1S(=O)(=O)c1ccc(NC(=O)c2ccc(OC)c(I)c2)cc1. The van der Waals surface area contributed by atoms with Crippen LogP contribution in [0.1, 0.15) is 10.4 Å². The summed E-state index contributed by atoms with van der Waals surface area (Å²) >= 11 is 3.64. The minimum absolute atomic E-state index is 0.0743. The molecule has 1 unspecified atom stereocenters. The van der Waals surface area contributed by atoms with Crippen molar-refractivity contribution in [1.82, 2.24) is 9.62 Å². The minimum atomic E-state index is -3.85. The molecular formula is C20H22IN3O5S2. The number of ether oxygens (including phenoxy) is 1. The van der Waals surface area contributed by atoms with E-state index < -0.39 is 16.1 Å². The maximum absolute atomic E-state index is 13.1. The number of nitrogens with one attached hydrogen (secondary N) is 2. The highest BCUT2D eigenvalue weighted by atomic mass is 127. The summed E-state index contributed by atoms with van der Waals surface area (Å²) in [6, 6.07) is 10.3. The molecule has 2 N–H and O–H groups in total. The van der Waals surface area contributed by atoms with Gasteiger partial charge in [0.2, 0.25) is 15.9 Å². The van der Waals surface area contributed by atoms with Crippen LogP contribution >= 0.6 is 34.4 Å². The number of anilines is 1. The van der Waals surface area contributed by atoms with Crippen molar-refractivity contribution in [1.29, 1.82) is 0 Å². The minimum Gasteiger partial charge on any atom is -0.496 e. The molecule has 1 atom stereocenters. The Labute approximate surface area is 199 Å². The molecule has 1 saturated heterocycles. The van der Waals surface area contributed by atoms with E-state index in [1.54, 1.807) is 37.1 Å². The van der Waals surface area contributed by atoms with Gasteiger partial charge in [0, 0.05) is 36.3 Å². The van der Waals surface area contributed by atoms with Gasteiger partial charge in [-0.15, -0.1) is 0 Å². The molecule has 166 valence electrons. The second kappa shape index (κ2) is 10.2. The Morgan fingerprint density at radius 1 is 1.19 bits per heavy atom. The van der Waals surface area contributed by atoms with Gasteiger partial charge in [-0.1, -0.05) is 0 Å². The van der Waals surface area contributed by atoms with Gasteiger partial charge >= 0.3 is 0 Å². The number of nitrogens with zero attached hydrogens (tertiary/aromatic N) is 1. The van der Waals surface area contributed by atoms with Crippen molar-refractivity contribution < 1.29 is 22.7 Å². The maximum Gasteiger partial charge on any atom is 0.255 e. The lowest BCUT2D eigenvalue weighted by Gasteiger charge is -2.33. The third kappa shape index (κ3) is 5.33. The van der Waals surface area contributed by atoms with Crippen molar-refractivity contribution in [2.75, 3.05) is 37.5 Å². The molecule has 1 fully saturated rings. The van der Waals surface area contributed by atoms with Gasteiger partial charge in [0.15, 0.2) is 0 Å². The number of benzene rings is 2. The van der Waals surface area contributed by atoms with Crippen LogP contribution in [0.15, 0.2) is 47.4 Å². The largest absolute Gasteiger partial charge is 0.496 e. The third-order valence-corrected chi connectivity index (χ3v) is 8.55. The van der Waals surface area contributed by atoms with Crippen LogP contribution in [0.3, 0.4) is 0 Å². The fraction of sp³-hybridized carbons (Fsp3) is 0.300. The number of rotatable bonds is 6. The van der Waals surface area contributed by atoms with E-state index in [-0.39, 0.29) is 23.3 Å². The molecule has 1 heterocycles. The highest BCUT2D eigenvalue weighted by Gasteiger charge is 2.37. The standard InChI is InChI=1S/C20H22IN3O5S2/c1-22-20(26)17-12-30-10-9-24(17)31(27,28)15-6-4-14(5-7-15)23-19(25)13-3-8-18(29-2)16(21)11-13/h3-8,11,17H,9-10,12H2,1-2H3,(H,22,26)(H,23,25). The van der Waals surface area contributed by atoms with Gasteiger partial charge in [0.1, 0.15) is 11.8 Å². The summed E-state index contributed by atoms with van der Waals surface area (Å²) in [5.41, 5.74) is 0.924. The Kier molecular flexibility index (Phi) is 7.83. The van der Waals surface area contributed by atoms with Crippen molar-refractivity contribution >= 4 is 61.9 Å². The van der Waals surface area contributed by atoms with Crippen LogP contribution in [0.2, 0.25) is 0 Å². The topological polar surface area (TPSA) is 105 Å². The number of carbonyl (C=O) groups is 2. The van der Waals surface area contributed by atoms with Crippen molar-refractivity contribution in [2.45, 2.75) is 10.9 Å². The van der Waals surface area contributed by atoms with Crippen LogP contribution in [0.4, 0.5) is 5.69 Å². The van der Waals surface area contributed by atoms with E-state index in [0.29, 0.717) is 28.5 Å². The molecule has 31 heavy (non-hydrogen) atoms. The number of hydrogen-bond acceptors (Lipinski definition) is 6. The van der Waals surface area contributed by atoms with E-state index in [0.717, 1.165) is 3.57 Å². The average Bonchev–Trinajstić information content (AvgIpc) is 2.78. The smallest absolute Gasteiger partial charge is 0.255 e. The lowest BCUT2D eigenvalue weighted by molar-refractivity contribution is -0.123. The lowest BCUT2D eigenvalue weighted by Crippen LogP contribution is -2.53. The van der Waals surface area contributed by atoms with Crippen LogP contribution in [-0.4, -0.2) is 62.8 Å². The molecule has 2 aromatic carbocycles. The molecule has 0 spiro atoms. The Balaban J connectivity index is 1.76. The van der Waals surface area contributed by atoms with E-state index in [4.69, 9.17) is 4.74 Å². The molecule has 8 nitrogen and oxygen atoms in total. The predicted molar refractivity (Wildman–Crippen MR) is 129 cm³/mol. The molecule has 0 saturated carbocycles. The van der Waals surface area contributed by atoms with Crippen LogP contribution in [0.5, 0.6) is 5.75 Å². The molecule has 0 aromatic heterocycles. The van der Waals surface area contributed by atoms with Gasteiger partial charge < -0.3 is 15.4 Å². The summed E-state index contributed by atoms with van der Waals surface area (Å²) in [7, 11) is -0.790. The number of carbonyl (C=O) groups excluding carboxylic acids is 2. The van der Waals surface area contributed by atoms with E-state index in [1.807, 2.05) is 0 Å². The van der Waals surface area contributed by atoms with Crippen LogP contribution in [-0.2, 0) is 14.8 Å². The van der Waals surface area contributed by atoms with E-state index in [9.17, 15) is 18.0 Å². The number of methoxy groups -OCH3 is 1. The summed E-state index contributed by atoms with van der Waals surface area (Å²) in [5.74, 6) is 1.07. The van der Waals surface area contributed by atoms with Crippen molar-refractivity contribution in [3.8, 4) is 5.75 Å². The van der Waals surface area contributed by atoms with Gasteiger partial charge in [-0.25, -0.2) is 8.42 Å². The first-order valence-corrected chi connectivity index (χ1v) is 13.0. The number of amides is 2. The first-order chi connectivity index (χ1) is 14.8. The van der Waals surface area contributed by atoms with Gasteiger partial charge in [0.25, 0.3) is 5.91 Å². The molecule has 0 radical (unpaired) electrons. The van der Waals surface area contributed by atoms with E-state index in [2.05, 4.69) is 33.2 Å². The Bertz CT molecular complexity index is 1080. The lowest BCUT2D eigenvalue weighted by atomic mass is 10.2. The zero-order valence-corrected chi connectivity index (χ0v) is 20.7. The summed E-state index contributed by atoms with van der Waals surface area (Å²) < 4.78 is 33.5. The zero-order chi connectivity index (χ0) is 22.6. The quantitative estimate of drug-likeness (QED) is 0.513. The Morgan fingerprint density at radius 3 is 2.52 bits per heavy atom. The summed E-state index contributed by atoms with van der Waals surface area (Å²) in [5, 5.41) is 5.29. The second-order valence-electron chi connectivity index (χ2n) is 6.65. The number of likely N-dealkylation sites (N-methyl/N-ethyl adjacent to an activating group) is 1. The van der Waals surface area contributed by atoms with Gasteiger partial charge in [0.05, 0.1) is 15.6 Å². The number of thioether (sulfide) groups is 1. The molecule has 2 aromatic rings. The molecule has 0 aliphatic carbocycles. The van der Waals surface area contributed by atoms with E-state index in [1.165, 1.54) is 35.6 Å². The Hall–Kier alpha value is -1.83. The average molecular weight is 575 g/mol. The van der Waals surface area contributed by atoms with Gasteiger partial charge in [-0.05, 0) is 65.1 Å². The Morgan fingerprint density at radius 2 is 1.90 bits per heavy atom. The van der Waals surface area contributed by atoms with Gasteiger partial charge in [-0.3, -0.25) is 9.59 Å². The van der Waals surface area contributed by atoms with E-state index >= 15 is 0 Å². The van der Waals surface area contributed by atoms with Crippen molar-refractivity contribution in [3.05, 3.63) is 51.6 Å². The highest BCUT2D eigenvalue weighted by Crippen LogP contribution is 2.26. The molecule has 3 rings (SSSR count). The molecular weight excluding hydrogens is 553 g/mol. The molecule has 1 aliphatic rings. The summed E-state index contributed by atoms with van der Waals surface area (Å²) in [6.07, 6.45) is 0. The monoisotopic (exact) mass is 575 g/mol. The number of halogens is 1. The summed E-state index contributed by atoms with van der Waals surface area (Å²) in [4.78, 5) is 24.7. The van der Waals surface area contributed by atoms with Crippen LogP contribution in [0, 0.1) is 3.57 Å². The number of sulfonamides is 1. The first kappa shape index (κ1) is 23.8. The summed E-state index contributed by atoms with van der Waals surface area (Å²) in [6.45, 7) is 0.264. The molecule has 1 aliphatic heterocycles. The third-order valence-electron chi connectivity index (χ3n) is 4.76. The predicted octanol–water partition coefficient (Wildman–Crippen LogP) is 2.40.